The van der Waals surface area contributed by atoms with Gasteiger partial charge in [-0.25, -0.2) is 27.5 Å². The van der Waals surface area contributed by atoms with E-state index in [1.165, 1.54) is 37.2 Å². The molecule has 0 spiro atoms. The number of amides is 1. The van der Waals surface area contributed by atoms with Crippen molar-refractivity contribution in [2.75, 3.05) is 14.1 Å². The van der Waals surface area contributed by atoms with Crippen LogP contribution in [0.4, 0.5) is 14.9 Å². The Hall–Kier alpha value is -3.44. The fourth-order valence-electron chi connectivity index (χ4n) is 2.94. The van der Waals surface area contributed by atoms with Crippen LogP contribution < -0.4 is 15.5 Å². The van der Waals surface area contributed by atoms with Gasteiger partial charge in [-0.15, -0.1) is 0 Å². The number of nitrogens with zero attached hydrogens (tertiary/aromatic N) is 2. The molecular weight excluding hydrogens is 429 g/mol. The summed E-state index contributed by atoms with van der Waals surface area (Å²) in [6.07, 6.45) is -0.739. The lowest BCUT2D eigenvalue weighted by Gasteiger charge is -2.20. The predicted octanol–water partition coefficient (Wildman–Crippen LogP) is 3.10. The molecule has 31 heavy (non-hydrogen) atoms. The van der Waals surface area contributed by atoms with Crippen molar-refractivity contribution in [2.45, 2.75) is 13.3 Å². The Kier molecular flexibility index (Phi) is 6.00. The summed E-state index contributed by atoms with van der Waals surface area (Å²) in [7, 11) is -1.22. The van der Waals surface area contributed by atoms with Crippen LogP contribution in [0.25, 0.3) is 15.7 Å². The van der Waals surface area contributed by atoms with Crippen molar-refractivity contribution in [3.63, 3.8) is 0 Å². The molecular formula is C20H19FN3O6S-. The molecule has 164 valence electrons. The lowest BCUT2D eigenvalue weighted by Crippen LogP contribution is -2.25. The number of aryl methyl sites for hydroxylation is 1. The molecule has 0 fully saturated rings. The second-order valence-corrected chi connectivity index (χ2v) is 8.16. The topological polar surface area (TPSA) is 134 Å². The van der Waals surface area contributed by atoms with Crippen LogP contribution in [0, 0.1) is 12.7 Å². The lowest BCUT2D eigenvalue weighted by atomic mass is 9.99. The SMILES string of the molecule is Cc1c(Cc2cccc([N-]S(N)(=O)=O)c2F)c(=O)oc2cc(OC(=O)N(C)C)ccc12. The van der Waals surface area contributed by atoms with Crippen molar-refractivity contribution < 1.29 is 26.8 Å². The van der Waals surface area contributed by atoms with Gasteiger partial charge in [0.05, 0.1) is 0 Å². The van der Waals surface area contributed by atoms with Crippen molar-refractivity contribution in [1.29, 1.82) is 0 Å². The highest BCUT2D eigenvalue weighted by Crippen LogP contribution is 2.30. The highest BCUT2D eigenvalue weighted by molar-refractivity contribution is 7.92. The molecule has 3 aromatic rings. The predicted molar refractivity (Wildman–Crippen MR) is 112 cm³/mol. The van der Waals surface area contributed by atoms with Crippen LogP contribution in [0.15, 0.2) is 45.6 Å². The second-order valence-electron chi connectivity index (χ2n) is 6.95. The Morgan fingerprint density at radius 3 is 2.61 bits per heavy atom. The van der Waals surface area contributed by atoms with E-state index < -0.39 is 33.4 Å². The number of nitrogens with two attached hydrogens (primary N) is 1. The van der Waals surface area contributed by atoms with E-state index in [0.29, 0.717) is 10.9 Å². The molecule has 1 amide bonds. The summed E-state index contributed by atoms with van der Waals surface area (Å²) >= 11 is 0. The molecule has 3 rings (SSSR count). The van der Waals surface area contributed by atoms with Gasteiger partial charge in [0.15, 0.2) is 10.2 Å². The lowest BCUT2D eigenvalue weighted by molar-refractivity contribution is 0.172. The second kappa shape index (κ2) is 8.36. The summed E-state index contributed by atoms with van der Waals surface area (Å²) in [5.41, 5.74) is -0.156. The van der Waals surface area contributed by atoms with E-state index in [1.807, 2.05) is 0 Å². The number of benzene rings is 2. The Morgan fingerprint density at radius 2 is 1.97 bits per heavy atom. The number of rotatable bonds is 5. The molecule has 0 saturated carbocycles. The van der Waals surface area contributed by atoms with E-state index in [0.717, 1.165) is 6.07 Å². The average molecular weight is 448 g/mol. The van der Waals surface area contributed by atoms with Gasteiger partial charge < -0.3 is 18.8 Å². The van der Waals surface area contributed by atoms with Crippen molar-refractivity contribution in [3.05, 3.63) is 74.0 Å². The van der Waals surface area contributed by atoms with Gasteiger partial charge in [-0.1, -0.05) is 23.9 Å². The van der Waals surface area contributed by atoms with E-state index in [2.05, 4.69) is 4.72 Å². The molecule has 0 aliphatic rings. The third-order valence-electron chi connectivity index (χ3n) is 4.48. The first kappa shape index (κ1) is 22.2. The number of ether oxygens (including phenoxy) is 1. The van der Waals surface area contributed by atoms with Gasteiger partial charge >= 0.3 is 11.7 Å². The van der Waals surface area contributed by atoms with Crippen molar-refractivity contribution in [3.8, 4) is 5.75 Å². The minimum atomic E-state index is -4.29. The maximum absolute atomic E-state index is 14.7. The van der Waals surface area contributed by atoms with Crippen molar-refractivity contribution in [2.24, 2.45) is 5.14 Å². The van der Waals surface area contributed by atoms with Crippen LogP contribution in [0.3, 0.4) is 0 Å². The summed E-state index contributed by atoms with van der Waals surface area (Å²) in [6, 6.07) is 8.57. The molecule has 9 nitrogen and oxygen atoms in total. The van der Waals surface area contributed by atoms with Crippen LogP contribution in [0.2, 0.25) is 0 Å². The van der Waals surface area contributed by atoms with E-state index >= 15 is 0 Å². The summed E-state index contributed by atoms with van der Waals surface area (Å²) in [5.74, 6) is -0.703. The molecule has 0 aliphatic heterocycles. The number of hydrogen-bond donors (Lipinski definition) is 1. The zero-order valence-electron chi connectivity index (χ0n) is 16.9. The molecule has 11 heteroatoms. The van der Waals surface area contributed by atoms with Crippen LogP contribution in [-0.4, -0.2) is 33.5 Å². The summed E-state index contributed by atoms with van der Waals surface area (Å²) in [5, 5.41) is 5.42. The molecule has 0 aliphatic carbocycles. The molecule has 2 aromatic carbocycles. The van der Waals surface area contributed by atoms with E-state index in [4.69, 9.17) is 14.3 Å². The van der Waals surface area contributed by atoms with Gasteiger partial charge in [0.25, 0.3) is 0 Å². The molecule has 0 atom stereocenters. The van der Waals surface area contributed by atoms with E-state index in [9.17, 15) is 22.4 Å². The van der Waals surface area contributed by atoms with Crippen LogP contribution >= 0.6 is 0 Å². The molecule has 0 radical (unpaired) electrons. The standard InChI is InChI=1S/C20H19FN3O6S/c1-11-14-8-7-13(29-20(26)24(2)3)10-17(14)30-19(25)15(11)9-12-5-4-6-16(18(12)21)23-31(22,27)28/h4-8,10H,9H2,1-3H3,(H2,22,27,28)/q-1. The number of hydrogen-bond acceptors (Lipinski definition) is 6. The zero-order chi connectivity index (χ0) is 22.9. The highest BCUT2D eigenvalue weighted by atomic mass is 32.2. The molecule has 2 N–H and O–H groups in total. The van der Waals surface area contributed by atoms with Crippen LogP contribution in [0.1, 0.15) is 16.7 Å². The molecule has 1 aromatic heterocycles. The van der Waals surface area contributed by atoms with E-state index in [-0.39, 0.29) is 28.9 Å². The monoisotopic (exact) mass is 448 g/mol. The summed E-state index contributed by atoms with van der Waals surface area (Å²) in [4.78, 5) is 25.5. The average Bonchev–Trinajstić information content (AvgIpc) is 2.66. The minimum absolute atomic E-state index is 0.0520. The number of carbonyl (C=O) groups is 1. The highest BCUT2D eigenvalue weighted by Gasteiger charge is 2.16. The maximum Gasteiger partial charge on any atom is 0.414 e. The quantitative estimate of drug-likeness (QED) is 0.596. The molecule has 0 unspecified atom stereocenters. The normalized spacial score (nSPS) is 11.4. The number of halogens is 1. The first-order chi connectivity index (χ1) is 14.5. The van der Waals surface area contributed by atoms with Crippen LogP contribution in [-0.2, 0) is 16.6 Å². The van der Waals surface area contributed by atoms with Crippen molar-refractivity contribution >= 4 is 33.0 Å². The maximum atomic E-state index is 14.7. The van der Waals surface area contributed by atoms with Crippen molar-refractivity contribution in [1.82, 2.24) is 4.90 Å². The van der Waals surface area contributed by atoms with Gasteiger partial charge in [-0.2, -0.15) is 0 Å². The Morgan fingerprint density at radius 1 is 1.26 bits per heavy atom. The Labute approximate surface area is 177 Å². The molecule has 0 bridgehead atoms. The first-order valence-corrected chi connectivity index (χ1v) is 10.4. The molecule has 1 heterocycles. The minimum Gasteiger partial charge on any atom is -0.562 e. The number of fused-ring (bicyclic) bond motifs is 1. The van der Waals surface area contributed by atoms with E-state index in [1.54, 1.807) is 19.1 Å². The third kappa shape index (κ3) is 5.01. The Balaban J connectivity index is 2.00. The molecule has 0 saturated heterocycles. The first-order valence-electron chi connectivity index (χ1n) is 8.95. The zero-order valence-corrected chi connectivity index (χ0v) is 17.7. The van der Waals surface area contributed by atoms with Gasteiger partial charge in [-0.05, 0) is 30.2 Å². The van der Waals surface area contributed by atoms with Gasteiger partial charge in [0.1, 0.15) is 17.1 Å². The van der Waals surface area contributed by atoms with Gasteiger partial charge in [-0.3, -0.25) is 0 Å². The summed E-state index contributed by atoms with van der Waals surface area (Å²) in [6.45, 7) is 1.68. The van der Waals surface area contributed by atoms with Gasteiger partial charge in [0.2, 0.25) is 0 Å². The van der Waals surface area contributed by atoms with Gasteiger partial charge in [0, 0.05) is 37.5 Å². The fraction of sp³-hybridized carbons (Fsp3) is 0.200. The largest absolute Gasteiger partial charge is 0.562 e. The fourth-order valence-corrected chi connectivity index (χ4v) is 3.35. The third-order valence-corrected chi connectivity index (χ3v) is 4.93. The Bertz CT molecular complexity index is 1330. The van der Waals surface area contributed by atoms with Crippen LogP contribution in [0.5, 0.6) is 5.75 Å². The smallest absolute Gasteiger partial charge is 0.414 e. The number of carbonyl (C=O) groups excluding carboxylic acids is 1. The summed E-state index contributed by atoms with van der Waals surface area (Å²) < 4.78 is 50.7.